The molecule has 2 aliphatic rings. The Morgan fingerprint density at radius 1 is 0.837 bits per heavy atom. The number of fused-ring (bicyclic) bond motifs is 5. The highest BCUT2D eigenvalue weighted by Crippen LogP contribution is 2.37. The van der Waals surface area contributed by atoms with E-state index in [2.05, 4.69) is 99.3 Å². The third-order valence-corrected chi connectivity index (χ3v) is 8.90. The number of aryl methyl sites for hydroxylation is 1. The topological polar surface area (TPSA) is 90.2 Å². The quantitative estimate of drug-likeness (QED) is 0.144. The second-order valence-corrected chi connectivity index (χ2v) is 11.5. The van der Waals surface area contributed by atoms with Gasteiger partial charge in [-0.2, -0.15) is 0 Å². The fourth-order valence-corrected chi connectivity index (χ4v) is 6.81. The maximum atomic E-state index is 4.47. The molecule has 0 amide bonds. The summed E-state index contributed by atoms with van der Waals surface area (Å²) in [5, 5.41) is 6.25. The fourth-order valence-electron chi connectivity index (χ4n) is 6.81. The van der Waals surface area contributed by atoms with Crippen LogP contribution in [-0.2, 0) is 0 Å². The molecule has 9 nitrogen and oxygen atoms in total. The van der Waals surface area contributed by atoms with Crippen molar-refractivity contribution in [2.75, 3.05) is 14.1 Å². The minimum Gasteiger partial charge on any atom is -0.394 e. The summed E-state index contributed by atoms with van der Waals surface area (Å²) in [7, 11) is 3.67. The average Bonchev–Trinajstić information content (AvgIpc) is 3.53. The van der Waals surface area contributed by atoms with Crippen LogP contribution in [0.2, 0.25) is 0 Å². The molecule has 6 aromatic rings. The molecule has 0 aromatic carbocycles. The monoisotopic (exact) mass is 637 g/mol. The number of aromatic nitrogens is 6. The Hall–Kier alpha value is -6.79. The van der Waals surface area contributed by atoms with E-state index in [9.17, 15) is 0 Å². The summed E-state index contributed by atoms with van der Waals surface area (Å²) in [4.78, 5) is 22.2. The Balaban J connectivity index is 1.51. The van der Waals surface area contributed by atoms with Gasteiger partial charge in [-0.15, -0.1) is 0 Å². The minimum absolute atomic E-state index is 0.839. The highest BCUT2D eigenvalue weighted by molar-refractivity contribution is 6.10. The van der Waals surface area contributed by atoms with Crippen molar-refractivity contribution in [1.29, 1.82) is 0 Å². The van der Waals surface area contributed by atoms with Crippen LogP contribution in [0.5, 0.6) is 0 Å². The van der Waals surface area contributed by atoms with E-state index in [1.54, 1.807) is 13.2 Å². The molecule has 0 fully saturated rings. The van der Waals surface area contributed by atoms with Crippen molar-refractivity contribution in [3.8, 4) is 0 Å². The second kappa shape index (κ2) is 12.1. The van der Waals surface area contributed by atoms with Crippen molar-refractivity contribution >= 4 is 80.5 Å². The van der Waals surface area contributed by atoms with E-state index >= 15 is 0 Å². The summed E-state index contributed by atoms with van der Waals surface area (Å²) >= 11 is 0. The molecule has 1 N–H and O–H groups in total. The van der Waals surface area contributed by atoms with Gasteiger partial charge in [-0.25, -0.2) is 0 Å². The highest BCUT2D eigenvalue weighted by Gasteiger charge is 2.23. The SMILES string of the molecule is C=Cc1c(C=NC)c2c(n1C1=CC(n3c4ccncc4c4cnccc43)=C=CC(n3c(/C=C\NC)c(C)c4cnccc43)=C1)C=C=CN=C2. The fraction of sp³-hybridized carbons (Fsp3) is 0.0750. The zero-order valence-electron chi connectivity index (χ0n) is 27.3. The summed E-state index contributed by atoms with van der Waals surface area (Å²) < 4.78 is 6.66. The first-order chi connectivity index (χ1) is 24.1. The Morgan fingerprint density at radius 3 is 2.20 bits per heavy atom. The molecule has 0 saturated carbocycles. The molecule has 7 heterocycles. The third kappa shape index (κ3) is 4.69. The van der Waals surface area contributed by atoms with E-state index in [0.29, 0.717) is 0 Å². The summed E-state index contributed by atoms with van der Waals surface area (Å²) in [5.74, 6) is 0. The number of rotatable bonds is 7. The molecule has 9 heteroatoms. The summed E-state index contributed by atoms with van der Waals surface area (Å²) in [6.07, 6.45) is 30.8. The number of hydrogen-bond donors (Lipinski definition) is 1. The standard InChI is InChI=1S/C40H31N9/c1-5-35-31(21-42-4)32-23-43-14-6-7-37(32)49(35)29-19-27(47-36(10-15-41-3)26(2)30-22-44-16-11-38(30)47)8-9-28(20-29)48-39-12-17-45-24-33(39)34-25-46-18-13-40(34)48/h5,7-8,10-25,41H,1H2,2-4H3/b15-10-,42-21?. The van der Waals surface area contributed by atoms with Crippen LogP contribution in [-0.4, -0.2) is 55.2 Å². The number of allylic oxidation sites excluding steroid dienone is 5. The predicted octanol–water partition coefficient (Wildman–Crippen LogP) is 7.58. The van der Waals surface area contributed by atoms with Crippen molar-refractivity contribution < 1.29 is 0 Å². The van der Waals surface area contributed by atoms with Gasteiger partial charge in [0.2, 0.25) is 0 Å². The lowest BCUT2D eigenvalue weighted by molar-refractivity contribution is 1.07. The molecule has 236 valence electrons. The number of hydrogen-bond acceptors (Lipinski definition) is 6. The molecule has 0 spiro atoms. The van der Waals surface area contributed by atoms with Crippen LogP contribution in [0.3, 0.4) is 0 Å². The van der Waals surface area contributed by atoms with Gasteiger partial charge in [0.1, 0.15) is 0 Å². The number of nitrogens with zero attached hydrogens (tertiary/aromatic N) is 8. The van der Waals surface area contributed by atoms with Gasteiger partial charge in [-0.1, -0.05) is 18.0 Å². The Labute approximate surface area is 282 Å². The lowest BCUT2D eigenvalue weighted by Gasteiger charge is -2.15. The molecular weight excluding hydrogens is 607 g/mol. The first-order valence-corrected chi connectivity index (χ1v) is 15.8. The summed E-state index contributed by atoms with van der Waals surface area (Å²) in [6, 6.07) is 6.12. The van der Waals surface area contributed by atoms with Crippen LogP contribution in [0, 0.1) is 6.92 Å². The minimum atomic E-state index is 0.839. The summed E-state index contributed by atoms with van der Waals surface area (Å²) in [6.45, 7) is 6.37. The molecular formula is C40H31N9. The van der Waals surface area contributed by atoms with Crippen molar-refractivity contribution in [1.82, 2.24) is 34.0 Å². The Kier molecular flexibility index (Phi) is 7.31. The third-order valence-electron chi connectivity index (χ3n) is 8.90. The summed E-state index contributed by atoms with van der Waals surface area (Å²) in [5.41, 5.74) is 18.4. The van der Waals surface area contributed by atoms with Gasteiger partial charge >= 0.3 is 0 Å². The largest absolute Gasteiger partial charge is 0.394 e. The Morgan fingerprint density at radius 2 is 1.53 bits per heavy atom. The van der Waals surface area contributed by atoms with Gasteiger partial charge in [0, 0.05) is 103 Å². The van der Waals surface area contributed by atoms with Crippen LogP contribution < -0.4 is 5.32 Å². The van der Waals surface area contributed by atoms with Crippen molar-refractivity contribution in [3.63, 3.8) is 0 Å². The van der Waals surface area contributed by atoms with Gasteiger partial charge in [0.25, 0.3) is 0 Å². The molecule has 0 unspecified atom stereocenters. The van der Waals surface area contributed by atoms with Gasteiger partial charge in [-0.05, 0) is 61.2 Å². The average molecular weight is 638 g/mol. The molecule has 0 bridgehead atoms. The van der Waals surface area contributed by atoms with E-state index in [0.717, 1.165) is 83.6 Å². The molecule has 0 saturated heterocycles. The van der Waals surface area contributed by atoms with Crippen molar-refractivity contribution in [2.45, 2.75) is 6.92 Å². The molecule has 6 aromatic heterocycles. The van der Waals surface area contributed by atoms with Crippen LogP contribution in [0.25, 0.3) is 68.0 Å². The van der Waals surface area contributed by atoms with Gasteiger partial charge in [0.15, 0.2) is 0 Å². The first-order valence-electron chi connectivity index (χ1n) is 15.8. The zero-order valence-corrected chi connectivity index (χ0v) is 27.3. The van der Waals surface area contributed by atoms with Crippen LogP contribution in [0.15, 0.2) is 114 Å². The number of pyridine rings is 3. The van der Waals surface area contributed by atoms with E-state index in [4.69, 9.17) is 0 Å². The predicted molar refractivity (Wildman–Crippen MR) is 202 cm³/mol. The first kappa shape index (κ1) is 29.6. The second-order valence-electron chi connectivity index (χ2n) is 11.5. The maximum Gasteiger partial charge on any atom is 0.0912 e. The highest BCUT2D eigenvalue weighted by atomic mass is 15.1. The van der Waals surface area contributed by atoms with Gasteiger partial charge in [0.05, 0.1) is 56.9 Å². The van der Waals surface area contributed by atoms with Gasteiger partial charge in [-0.3, -0.25) is 24.9 Å². The normalized spacial score (nSPS) is 14.1. The lowest BCUT2D eigenvalue weighted by Crippen LogP contribution is -2.05. The van der Waals surface area contributed by atoms with E-state index in [1.807, 2.05) is 87.1 Å². The molecule has 49 heavy (non-hydrogen) atoms. The van der Waals surface area contributed by atoms with E-state index in [-0.39, 0.29) is 0 Å². The molecule has 0 radical (unpaired) electrons. The van der Waals surface area contributed by atoms with E-state index < -0.39 is 0 Å². The lowest BCUT2D eigenvalue weighted by atomic mass is 10.1. The van der Waals surface area contributed by atoms with Crippen molar-refractivity contribution in [2.24, 2.45) is 9.98 Å². The Bertz CT molecular complexity index is 2590. The van der Waals surface area contributed by atoms with Crippen LogP contribution in [0.4, 0.5) is 0 Å². The van der Waals surface area contributed by atoms with Crippen LogP contribution in [0.1, 0.15) is 33.8 Å². The van der Waals surface area contributed by atoms with Gasteiger partial charge < -0.3 is 19.0 Å². The molecule has 1 aliphatic heterocycles. The van der Waals surface area contributed by atoms with Crippen LogP contribution >= 0.6 is 0 Å². The zero-order chi connectivity index (χ0) is 33.5. The molecule has 8 rings (SSSR count). The van der Waals surface area contributed by atoms with E-state index in [1.165, 1.54) is 0 Å². The molecule has 1 aliphatic carbocycles. The number of aliphatic imine (C=N–C) groups is 2. The smallest absolute Gasteiger partial charge is 0.0912 e. The molecule has 0 atom stereocenters. The van der Waals surface area contributed by atoms with Crippen molar-refractivity contribution in [3.05, 3.63) is 138 Å². The maximum absolute atomic E-state index is 4.47. The number of nitrogens with one attached hydrogen (secondary N) is 1.